The fourth-order valence-corrected chi connectivity index (χ4v) is 3.14. The molecule has 0 atom stereocenters. The van der Waals surface area contributed by atoms with Crippen molar-refractivity contribution in [3.63, 3.8) is 0 Å². The Kier molecular flexibility index (Phi) is 4.50. The highest BCUT2D eigenvalue weighted by Crippen LogP contribution is 2.41. The van der Waals surface area contributed by atoms with Gasteiger partial charge in [0.05, 0.1) is 7.11 Å². The predicted octanol–water partition coefficient (Wildman–Crippen LogP) is 3.65. The number of aromatic nitrogens is 1. The number of esters is 1. The minimum atomic E-state index is -0.567. The van der Waals surface area contributed by atoms with E-state index in [0.29, 0.717) is 22.2 Å². The molecule has 0 amide bonds. The lowest BCUT2D eigenvalue weighted by molar-refractivity contribution is 0.0586. The summed E-state index contributed by atoms with van der Waals surface area (Å²) in [7, 11) is 1.28. The molecular formula is C16H15Cl2NO4. The van der Waals surface area contributed by atoms with Gasteiger partial charge in [-0.3, -0.25) is 4.57 Å². The molecule has 2 aromatic rings. The van der Waals surface area contributed by atoms with Crippen molar-refractivity contribution in [1.29, 1.82) is 0 Å². The van der Waals surface area contributed by atoms with Crippen molar-refractivity contribution < 1.29 is 13.9 Å². The smallest absolute Gasteiger partial charge is 0.419 e. The maximum atomic E-state index is 12.1. The second-order valence-corrected chi connectivity index (χ2v) is 6.26. The number of oxazole rings is 1. The Bertz CT molecular complexity index is 785. The third-order valence-corrected chi connectivity index (χ3v) is 4.60. The van der Waals surface area contributed by atoms with Gasteiger partial charge in [0, 0.05) is 22.5 Å². The van der Waals surface area contributed by atoms with Crippen LogP contribution in [0.25, 0.3) is 0 Å². The van der Waals surface area contributed by atoms with Gasteiger partial charge in [0.1, 0.15) is 5.76 Å². The zero-order valence-corrected chi connectivity index (χ0v) is 14.0. The fraction of sp³-hybridized carbons (Fsp3) is 0.375. The first-order valence-electron chi connectivity index (χ1n) is 7.27. The second kappa shape index (κ2) is 6.42. The Morgan fingerprint density at radius 2 is 2.00 bits per heavy atom. The van der Waals surface area contributed by atoms with Gasteiger partial charge in [-0.15, -0.1) is 0 Å². The van der Waals surface area contributed by atoms with E-state index < -0.39 is 11.7 Å². The average Bonchev–Trinajstić information content (AvgIpc) is 3.31. The van der Waals surface area contributed by atoms with E-state index in [1.807, 2.05) is 0 Å². The number of hydrogen-bond donors (Lipinski definition) is 0. The molecule has 0 saturated heterocycles. The molecule has 0 bridgehead atoms. The van der Waals surface area contributed by atoms with Gasteiger partial charge in [-0.25, -0.2) is 9.59 Å². The van der Waals surface area contributed by atoms with Crippen molar-refractivity contribution in [2.24, 2.45) is 0 Å². The highest BCUT2D eigenvalue weighted by atomic mass is 35.5. The van der Waals surface area contributed by atoms with E-state index in [0.717, 1.165) is 18.4 Å². The molecule has 1 saturated carbocycles. The number of methoxy groups -OCH3 is 1. The number of nitrogens with zero attached hydrogens (tertiary/aromatic N) is 1. The van der Waals surface area contributed by atoms with Crippen molar-refractivity contribution in [1.82, 2.24) is 4.57 Å². The van der Waals surface area contributed by atoms with Gasteiger partial charge in [0.25, 0.3) is 0 Å². The van der Waals surface area contributed by atoms with E-state index >= 15 is 0 Å². The van der Waals surface area contributed by atoms with E-state index in [1.165, 1.54) is 11.7 Å². The maximum Gasteiger partial charge on any atom is 0.419 e. The molecule has 1 fully saturated rings. The molecule has 0 radical (unpaired) electrons. The van der Waals surface area contributed by atoms with Crippen molar-refractivity contribution in [2.45, 2.75) is 31.7 Å². The molecule has 1 aromatic carbocycles. The lowest BCUT2D eigenvalue weighted by Gasteiger charge is -2.09. The van der Waals surface area contributed by atoms with Crippen molar-refractivity contribution in [2.75, 3.05) is 7.11 Å². The first-order valence-corrected chi connectivity index (χ1v) is 8.03. The molecule has 1 aliphatic carbocycles. The number of ether oxygens (including phenoxy) is 1. The fourth-order valence-electron chi connectivity index (χ4n) is 2.55. The Morgan fingerprint density at radius 1 is 1.35 bits per heavy atom. The second-order valence-electron chi connectivity index (χ2n) is 5.45. The highest BCUT2D eigenvalue weighted by Gasteiger charge is 2.35. The van der Waals surface area contributed by atoms with Crippen LogP contribution in [-0.2, 0) is 17.7 Å². The summed E-state index contributed by atoms with van der Waals surface area (Å²) in [4.78, 5) is 24.2. The van der Waals surface area contributed by atoms with Crippen LogP contribution in [0.4, 0.5) is 0 Å². The summed E-state index contributed by atoms with van der Waals surface area (Å²) in [6, 6.07) is 5.22. The monoisotopic (exact) mass is 355 g/mol. The van der Waals surface area contributed by atoms with Gasteiger partial charge in [0.15, 0.2) is 5.69 Å². The van der Waals surface area contributed by atoms with Crippen LogP contribution in [0.5, 0.6) is 0 Å². The average molecular weight is 356 g/mol. The minimum absolute atomic E-state index is 0.127. The normalized spacial score (nSPS) is 14.0. The van der Waals surface area contributed by atoms with Crippen LogP contribution in [-0.4, -0.2) is 17.6 Å². The van der Waals surface area contributed by atoms with Gasteiger partial charge >= 0.3 is 11.7 Å². The molecule has 7 heteroatoms. The molecule has 0 spiro atoms. The van der Waals surface area contributed by atoms with Gasteiger partial charge in [-0.05, 0) is 37.0 Å². The molecule has 1 aliphatic rings. The lowest BCUT2D eigenvalue weighted by atomic mass is 10.1. The number of hydrogen-bond acceptors (Lipinski definition) is 4. The largest absolute Gasteiger partial charge is 0.464 e. The molecule has 0 unspecified atom stereocenters. The Balaban J connectivity index is 1.93. The first-order chi connectivity index (χ1) is 11.0. The Hall–Kier alpha value is -1.72. The quantitative estimate of drug-likeness (QED) is 0.768. The number of carbonyl (C=O) groups is 1. The molecule has 23 heavy (non-hydrogen) atoms. The summed E-state index contributed by atoms with van der Waals surface area (Å²) < 4.78 is 11.4. The SMILES string of the molecule is COC(=O)c1c(C2CC2)oc(=O)n1CCc1c(Cl)cccc1Cl. The van der Waals surface area contributed by atoms with Gasteiger partial charge in [-0.2, -0.15) is 0 Å². The molecule has 122 valence electrons. The molecule has 0 N–H and O–H groups in total. The van der Waals surface area contributed by atoms with Crippen LogP contribution in [0.15, 0.2) is 27.4 Å². The molecular weight excluding hydrogens is 341 g/mol. The summed E-state index contributed by atoms with van der Waals surface area (Å²) in [6.45, 7) is 0.239. The lowest BCUT2D eigenvalue weighted by Crippen LogP contribution is -2.22. The van der Waals surface area contributed by atoms with Crippen LogP contribution in [0.3, 0.4) is 0 Å². The summed E-state index contributed by atoms with van der Waals surface area (Å²) in [5.41, 5.74) is 0.927. The van der Waals surface area contributed by atoms with Crippen molar-refractivity contribution >= 4 is 29.2 Å². The molecule has 0 aliphatic heterocycles. The van der Waals surface area contributed by atoms with Gasteiger partial charge in [0.2, 0.25) is 0 Å². The van der Waals surface area contributed by atoms with Crippen LogP contribution in [0, 0.1) is 0 Å². The van der Waals surface area contributed by atoms with E-state index in [-0.39, 0.29) is 18.2 Å². The third-order valence-electron chi connectivity index (χ3n) is 3.89. The Morgan fingerprint density at radius 3 is 2.57 bits per heavy atom. The number of rotatable bonds is 5. The van der Waals surface area contributed by atoms with Gasteiger partial charge < -0.3 is 9.15 Å². The molecule has 5 nitrogen and oxygen atoms in total. The number of halogens is 2. The number of benzene rings is 1. The van der Waals surface area contributed by atoms with E-state index in [4.69, 9.17) is 32.4 Å². The summed E-state index contributed by atoms with van der Waals surface area (Å²) in [5, 5.41) is 1.05. The van der Waals surface area contributed by atoms with Gasteiger partial charge in [-0.1, -0.05) is 29.3 Å². The van der Waals surface area contributed by atoms with E-state index in [2.05, 4.69) is 0 Å². The zero-order chi connectivity index (χ0) is 16.6. The van der Waals surface area contributed by atoms with E-state index in [9.17, 15) is 9.59 Å². The van der Waals surface area contributed by atoms with Crippen LogP contribution in [0.1, 0.15) is 40.6 Å². The summed E-state index contributed by atoms with van der Waals surface area (Å²) in [5.74, 6) is -0.576. The van der Waals surface area contributed by atoms with E-state index in [1.54, 1.807) is 18.2 Å². The summed E-state index contributed by atoms with van der Waals surface area (Å²) in [6.07, 6.45) is 2.23. The maximum absolute atomic E-state index is 12.1. The molecule has 1 aromatic heterocycles. The van der Waals surface area contributed by atoms with Crippen LogP contribution >= 0.6 is 23.2 Å². The topological polar surface area (TPSA) is 61.4 Å². The first kappa shape index (κ1) is 16.1. The van der Waals surface area contributed by atoms with Crippen molar-refractivity contribution in [3.8, 4) is 0 Å². The highest BCUT2D eigenvalue weighted by molar-refractivity contribution is 6.35. The van der Waals surface area contributed by atoms with Crippen LogP contribution in [0.2, 0.25) is 10.0 Å². The number of carbonyl (C=O) groups excluding carboxylic acids is 1. The van der Waals surface area contributed by atoms with Crippen molar-refractivity contribution in [3.05, 3.63) is 55.8 Å². The third kappa shape index (κ3) is 3.16. The minimum Gasteiger partial charge on any atom is -0.464 e. The zero-order valence-electron chi connectivity index (χ0n) is 12.5. The summed E-state index contributed by atoms with van der Waals surface area (Å²) >= 11 is 12.3. The predicted molar refractivity (Wildman–Crippen MR) is 86.4 cm³/mol. The van der Waals surface area contributed by atoms with Crippen LogP contribution < -0.4 is 5.76 Å². The standard InChI is InChI=1S/C16H15Cl2NO4/c1-22-15(20)13-14(9-5-6-9)23-16(21)19(13)8-7-10-11(17)3-2-4-12(10)18/h2-4,9H,5-8H2,1H3. The molecule has 3 rings (SSSR count). The molecule has 1 heterocycles. The Labute approximate surface area is 142 Å².